The van der Waals surface area contributed by atoms with Gasteiger partial charge in [0.2, 0.25) is 0 Å². The topological polar surface area (TPSA) is 29.9 Å². The van der Waals surface area contributed by atoms with Crippen molar-refractivity contribution in [2.24, 2.45) is 7.05 Å². The van der Waals surface area contributed by atoms with Crippen molar-refractivity contribution in [2.45, 2.75) is 26.4 Å². The van der Waals surface area contributed by atoms with Gasteiger partial charge in [-0.3, -0.25) is 4.68 Å². The van der Waals surface area contributed by atoms with E-state index in [-0.39, 0.29) is 0 Å². The number of hydrogen-bond donors (Lipinski definition) is 1. The summed E-state index contributed by atoms with van der Waals surface area (Å²) in [4.78, 5) is 0. The maximum atomic E-state index is 4.28. The van der Waals surface area contributed by atoms with Crippen LogP contribution in [0.25, 0.3) is 0 Å². The molecule has 0 spiro atoms. The maximum absolute atomic E-state index is 4.28. The number of rotatable bonds is 4. The predicted molar refractivity (Wildman–Crippen MR) is 77.3 cm³/mol. The average molecular weight is 308 g/mol. The highest BCUT2D eigenvalue weighted by Crippen LogP contribution is 2.19. The molecule has 0 aliphatic heterocycles. The van der Waals surface area contributed by atoms with Crippen LogP contribution in [-0.2, 0) is 13.6 Å². The molecule has 96 valence electrons. The van der Waals surface area contributed by atoms with Crippen LogP contribution in [0.3, 0.4) is 0 Å². The van der Waals surface area contributed by atoms with Crippen molar-refractivity contribution in [1.82, 2.24) is 15.1 Å². The number of nitrogens with zero attached hydrogens (tertiary/aromatic N) is 2. The minimum Gasteiger partial charge on any atom is -0.306 e. The van der Waals surface area contributed by atoms with Crippen molar-refractivity contribution in [3.63, 3.8) is 0 Å². The van der Waals surface area contributed by atoms with E-state index < -0.39 is 0 Å². The summed E-state index contributed by atoms with van der Waals surface area (Å²) in [6, 6.07) is 8.58. The number of hydrogen-bond acceptors (Lipinski definition) is 2. The quantitative estimate of drug-likeness (QED) is 0.939. The molecule has 1 N–H and O–H groups in total. The normalized spacial score (nSPS) is 12.7. The third kappa shape index (κ3) is 2.82. The van der Waals surface area contributed by atoms with E-state index in [0.717, 1.165) is 11.0 Å². The lowest BCUT2D eigenvalue weighted by molar-refractivity contribution is 0.569. The van der Waals surface area contributed by atoms with Gasteiger partial charge >= 0.3 is 0 Å². The van der Waals surface area contributed by atoms with Crippen molar-refractivity contribution >= 4 is 15.9 Å². The van der Waals surface area contributed by atoms with Crippen molar-refractivity contribution in [3.05, 3.63) is 51.8 Å². The Morgan fingerprint density at radius 1 is 1.39 bits per heavy atom. The fourth-order valence-electron chi connectivity index (χ4n) is 1.96. The van der Waals surface area contributed by atoms with Crippen LogP contribution in [0, 0.1) is 6.92 Å². The lowest BCUT2D eigenvalue weighted by Gasteiger charge is -2.14. The van der Waals surface area contributed by atoms with Crippen LogP contribution in [0.15, 0.2) is 34.9 Å². The second-order valence-electron chi connectivity index (χ2n) is 4.50. The summed E-state index contributed by atoms with van der Waals surface area (Å²) in [7, 11) is 1.97. The van der Waals surface area contributed by atoms with Crippen LogP contribution in [0.2, 0.25) is 0 Å². The first-order valence-corrected chi connectivity index (χ1v) is 6.84. The molecule has 0 radical (unpaired) electrons. The Balaban J connectivity index is 2.03. The minimum absolute atomic E-state index is 0.297. The van der Waals surface area contributed by atoms with Crippen molar-refractivity contribution in [1.29, 1.82) is 0 Å². The van der Waals surface area contributed by atoms with Crippen LogP contribution >= 0.6 is 15.9 Å². The molecule has 1 unspecified atom stereocenters. The lowest BCUT2D eigenvalue weighted by atomic mass is 10.1. The summed E-state index contributed by atoms with van der Waals surface area (Å²) in [5.41, 5.74) is 3.73. The number of aromatic nitrogens is 2. The third-order valence-corrected chi connectivity index (χ3v) is 4.07. The van der Waals surface area contributed by atoms with E-state index in [1.54, 1.807) is 0 Å². The molecule has 0 aliphatic rings. The van der Waals surface area contributed by atoms with Gasteiger partial charge in [0, 0.05) is 35.4 Å². The standard InChI is InChI=1S/C14H18BrN3/c1-10(13-9-17-18(3)11(13)2)16-8-12-6-4-5-7-14(12)15/h4-7,9-10,16H,8H2,1-3H3. The summed E-state index contributed by atoms with van der Waals surface area (Å²) in [5, 5.41) is 7.80. The molecule has 1 aromatic heterocycles. The summed E-state index contributed by atoms with van der Waals surface area (Å²) >= 11 is 3.56. The fourth-order valence-corrected chi connectivity index (χ4v) is 2.38. The zero-order valence-electron chi connectivity index (χ0n) is 10.9. The van der Waals surface area contributed by atoms with Gasteiger partial charge in [-0.1, -0.05) is 34.1 Å². The molecule has 1 heterocycles. The monoisotopic (exact) mass is 307 g/mol. The Bertz CT molecular complexity index is 534. The summed E-state index contributed by atoms with van der Waals surface area (Å²) < 4.78 is 3.05. The van der Waals surface area contributed by atoms with Crippen LogP contribution in [0.4, 0.5) is 0 Å². The van der Waals surface area contributed by atoms with Gasteiger partial charge in [0.05, 0.1) is 6.20 Å². The van der Waals surface area contributed by atoms with Crippen molar-refractivity contribution in [3.8, 4) is 0 Å². The summed E-state index contributed by atoms with van der Waals surface area (Å²) in [5.74, 6) is 0. The molecule has 0 saturated carbocycles. The smallest absolute Gasteiger partial charge is 0.0540 e. The second kappa shape index (κ2) is 5.67. The molecule has 0 amide bonds. The average Bonchev–Trinajstić information content (AvgIpc) is 2.69. The zero-order valence-corrected chi connectivity index (χ0v) is 12.5. The van der Waals surface area contributed by atoms with Crippen LogP contribution < -0.4 is 5.32 Å². The molecule has 0 saturated heterocycles. The molecule has 2 rings (SSSR count). The molecule has 1 atom stereocenters. The Labute approximate surface area is 116 Å². The second-order valence-corrected chi connectivity index (χ2v) is 5.36. The Morgan fingerprint density at radius 2 is 2.11 bits per heavy atom. The largest absolute Gasteiger partial charge is 0.306 e. The lowest BCUT2D eigenvalue weighted by Crippen LogP contribution is -2.18. The van der Waals surface area contributed by atoms with Crippen molar-refractivity contribution < 1.29 is 0 Å². The molecule has 0 fully saturated rings. The van der Waals surface area contributed by atoms with Gasteiger partial charge in [0.1, 0.15) is 0 Å². The first-order chi connectivity index (χ1) is 8.59. The third-order valence-electron chi connectivity index (χ3n) is 3.30. The molecular weight excluding hydrogens is 290 g/mol. The van der Waals surface area contributed by atoms with E-state index in [4.69, 9.17) is 0 Å². The Kier molecular flexibility index (Phi) is 4.19. The van der Waals surface area contributed by atoms with Gasteiger partial charge in [-0.15, -0.1) is 0 Å². The number of nitrogens with one attached hydrogen (secondary N) is 1. The van der Waals surface area contributed by atoms with Gasteiger partial charge in [-0.2, -0.15) is 5.10 Å². The van der Waals surface area contributed by atoms with E-state index in [0.29, 0.717) is 6.04 Å². The molecule has 4 heteroatoms. The molecule has 2 aromatic rings. The molecule has 18 heavy (non-hydrogen) atoms. The predicted octanol–water partition coefficient (Wildman–Crippen LogP) is 3.34. The molecule has 0 aliphatic carbocycles. The van der Waals surface area contributed by atoms with E-state index >= 15 is 0 Å². The van der Waals surface area contributed by atoms with Gasteiger partial charge in [0.15, 0.2) is 0 Å². The molecule has 1 aromatic carbocycles. The molecule has 0 bridgehead atoms. The molecule has 3 nitrogen and oxygen atoms in total. The van der Waals surface area contributed by atoms with E-state index in [9.17, 15) is 0 Å². The number of halogens is 1. The van der Waals surface area contributed by atoms with Crippen molar-refractivity contribution in [2.75, 3.05) is 0 Å². The summed E-state index contributed by atoms with van der Waals surface area (Å²) in [6.45, 7) is 5.11. The highest BCUT2D eigenvalue weighted by atomic mass is 79.9. The van der Waals surface area contributed by atoms with Crippen LogP contribution in [0.5, 0.6) is 0 Å². The maximum Gasteiger partial charge on any atom is 0.0540 e. The van der Waals surface area contributed by atoms with Gasteiger partial charge in [-0.25, -0.2) is 0 Å². The first kappa shape index (κ1) is 13.3. The van der Waals surface area contributed by atoms with E-state index in [1.807, 2.05) is 24.0 Å². The number of benzene rings is 1. The SMILES string of the molecule is Cc1c(C(C)NCc2ccccc2Br)cnn1C. The van der Waals surface area contributed by atoms with Gasteiger partial charge in [0.25, 0.3) is 0 Å². The highest BCUT2D eigenvalue weighted by Gasteiger charge is 2.11. The van der Waals surface area contributed by atoms with E-state index in [1.165, 1.54) is 16.8 Å². The fraction of sp³-hybridized carbons (Fsp3) is 0.357. The zero-order chi connectivity index (χ0) is 13.1. The minimum atomic E-state index is 0.297. The van der Waals surface area contributed by atoms with Crippen LogP contribution in [-0.4, -0.2) is 9.78 Å². The molecular formula is C14H18BrN3. The Hall–Kier alpha value is -1.13. The highest BCUT2D eigenvalue weighted by molar-refractivity contribution is 9.10. The van der Waals surface area contributed by atoms with Crippen LogP contribution in [0.1, 0.15) is 29.8 Å². The van der Waals surface area contributed by atoms with E-state index in [2.05, 4.69) is 58.4 Å². The van der Waals surface area contributed by atoms with Gasteiger partial charge < -0.3 is 5.32 Å². The Morgan fingerprint density at radius 3 is 2.72 bits per heavy atom. The number of aryl methyl sites for hydroxylation is 1. The first-order valence-electron chi connectivity index (χ1n) is 6.05. The van der Waals surface area contributed by atoms with Gasteiger partial charge in [-0.05, 0) is 25.5 Å². The summed E-state index contributed by atoms with van der Waals surface area (Å²) in [6.07, 6.45) is 1.94.